The van der Waals surface area contributed by atoms with E-state index in [1.165, 1.54) is 0 Å². The molecule has 4 heteroatoms. The van der Waals surface area contributed by atoms with Crippen LogP contribution in [0, 0.1) is 5.92 Å². The first-order valence-electron chi connectivity index (χ1n) is 5.93. The highest BCUT2D eigenvalue weighted by Crippen LogP contribution is 2.32. The Morgan fingerprint density at radius 2 is 1.56 bits per heavy atom. The van der Waals surface area contributed by atoms with Gasteiger partial charge in [-0.1, -0.05) is 0 Å². The molecule has 0 saturated carbocycles. The molecule has 0 aromatic heterocycles. The Labute approximate surface area is 96.6 Å². The normalized spacial score (nSPS) is 23.4. The van der Waals surface area contributed by atoms with Gasteiger partial charge in [0.15, 0.2) is 0 Å². The first-order chi connectivity index (χ1) is 7.12. The first-order valence-corrected chi connectivity index (χ1v) is 5.93. The third kappa shape index (κ3) is 3.39. The van der Waals surface area contributed by atoms with Crippen LogP contribution in [0.25, 0.3) is 0 Å². The maximum atomic E-state index is 13.0. The second-order valence-electron chi connectivity index (χ2n) is 5.90. The van der Waals surface area contributed by atoms with Gasteiger partial charge in [-0.05, 0) is 52.6 Å². The van der Waals surface area contributed by atoms with E-state index in [1.807, 2.05) is 0 Å². The Morgan fingerprint density at radius 1 is 1.12 bits per heavy atom. The van der Waals surface area contributed by atoms with Crippen molar-refractivity contribution in [2.45, 2.75) is 58.1 Å². The molecular formula is C12H23F2NO. The third-order valence-electron chi connectivity index (χ3n) is 3.45. The molecule has 0 spiro atoms. The van der Waals surface area contributed by atoms with Crippen LogP contribution in [0.4, 0.5) is 8.78 Å². The van der Waals surface area contributed by atoms with Gasteiger partial charge in [0.2, 0.25) is 0 Å². The quantitative estimate of drug-likeness (QED) is 0.795. The van der Waals surface area contributed by atoms with Crippen molar-refractivity contribution in [1.82, 2.24) is 4.90 Å². The van der Waals surface area contributed by atoms with Gasteiger partial charge in [-0.2, -0.15) is 0 Å². The second kappa shape index (κ2) is 4.57. The van der Waals surface area contributed by atoms with E-state index in [2.05, 4.69) is 25.7 Å². The summed E-state index contributed by atoms with van der Waals surface area (Å²) in [6, 6.07) is 0. The molecule has 1 fully saturated rings. The predicted octanol–water partition coefficient (Wildman–Crippen LogP) is 2.51. The average molecular weight is 235 g/mol. The minimum Gasteiger partial charge on any atom is -0.387 e. The zero-order valence-corrected chi connectivity index (χ0v) is 10.6. The lowest BCUT2D eigenvalue weighted by Crippen LogP contribution is -2.49. The van der Waals surface area contributed by atoms with E-state index < -0.39 is 12.0 Å². The van der Waals surface area contributed by atoms with Crippen molar-refractivity contribution in [3.8, 4) is 0 Å². The molecule has 1 atom stereocenters. The van der Waals surface area contributed by atoms with Crippen molar-refractivity contribution in [3.63, 3.8) is 0 Å². The van der Waals surface area contributed by atoms with Gasteiger partial charge in [0.25, 0.3) is 5.92 Å². The lowest BCUT2D eigenvalue weighted by atomic mass is 9.86. The number of hydrogen-bond acceptors (Lipinski definition) is 2. The van der Waals surface area contributed by atoms with E-state index >= 15 is 0 Å². The fourth-order valence-electron chi connectivity index (χ4n) is 2.30. The summed E-state index contributed by atoms with van der Waals surface area (Å²) in [6.07, 6.45) is -0.182. The van der Waals surface area contributed by atoms with Crippen molar-refractivity contribution in [3.05, 3.63) is 0 Å². The molecular weight excluding hydrogens is 212 g/mol. The summed E-state index contributed by atoms with van der Waals surface area (Å²) in [7, 11) is 0. The Hall–Kier alpha value is -0.220. The molecule has 1 aliphatic heterocycles. The second-order valence-corrected chi connectivity index (χ2v) is 5.90. The number of alkyl halides is 2. The minimum absolute atomic E-state index is 0.0880. The highest BCUT2D eigenvalue weighted by molar-refractivity contribution is 4.87. The number of rotatable bonds is 2. The van der Waals surface area contributed by atoms with Gasteiger partial charge in [-0.3, -0.25) is 4.90 Å². The summed E-state index contributed by atoms with van der Waals surface area (Å²) in [5, 5.41) is 9.53. The zero-order chi connectivity index (χ0) is 12.6. The number of piperidine rings is 1. The number of likely N-dealkylation sites (tertiary alicyclic amines) is 1. The van der Waals surface area contributed by atoms with Gasteiger partial charge < -0.3 is 5.11 Å². The lowest BCUT2D eigenvalue weighted by molar-refractivity contribution is -0.128. The Bertz CT molecular complexity index is 224. The summed E-state index contributed by atoms with van der Waals surface area (Å²) in [6.45, 7) is 8.75. The number of aliphatic hydroxyl groups excluding tert-OH is 1. The van der Waals surface area contributed by atoms with Gasteiger partial charge in [0.05, 0.1) is 0 Å². The molecule has 0 radical (unpaired) electrons. The van der Waals surface area contributed by atoms with Crippen LogP contribution >= 0.6 is 0 Å². The number of halogens is 2. The van der Waals surface area contributed by atoms with Crippen molar-refractivity contribution in [2.24, 2.45) is 5.92 Å². The molecule has 0 bridgehead atoms. The highest BCUT2D eigenvalue weighted by atomic mass is 19.3. The van der Waals surface area contributed by atoms with E-state index in [9.17, 15) is 13.9 Å². The fourth-order valence-corrected chi connectivity index (χ4v) is 2.30. The minimum atomic E-state index is -2.98. The molecule has 16 heavy (non-hydrogen) atoms. The number of aliphatic hydroxyl groups is 1. The van der Waals surface area contributed by atoms with Gasteiger partial charge in [-0.15, -0.1) is 0 Å². The molecule has 0 aliphatic carbocycles. The monoisotopic (exact) mass is 235 g/mol. The zero-order valence-electron chi connectivity index (χ0n) is 10.6. The van der Waals surface area contributed by atoms with Crippen LogP contribution in [0.5, 0.6) is 0 Å². The molecule has 0 unspecified atom stereocenters. The van der Waals surface area contributed by atoms with E-state index in [0.29, 0.717) is 12.8 Å². The molecule has 96 valence electrons. The van der Waals surface area contributed by atoms with E-state index in [1.54, 1.807) is 0 Å². The molecule has 1 heterocycles. The first kappa shape index (κ1) is 13.8. The van der Waals surface area contributed by atoms with Crippen LogP contribution < -0.4 is 0 Å². The van der Waals surface area contributed by atoms with Gasteiger partial charge >= 0.3 is 0 Å². The van der Waals surface area contributed by atoms with Crippen molar-refractivity contribution in [1.29, 1.82) is 0 Å². The largest absolute Gasteiger partial charge is 0.387 e. The average Bonchev–Trinajstić information content (AvgIpc) is 2.14. The van der Waals surface area contributed by atoms with Crippen LogP contribution in [0.1, 0.15) is 40.5 Å². The SMILES string of the molecule is CC(F)(F)[C@H](O)C1CCN(C(C)(C)C)CC1. The van der Waals surface area contributed by atoms with E-state index in [0.717, 1.165) is 20.0 Å². The van der Waals surface area contributed by atoms with Crippen LogP contribution in [0.3, 0.4) is 0 Å². The number of nitrogens with zero attached hydrogens (tertiary/aromatic N) is 1. The molecule has 1 N–H and O–H groups in total. The molecule has 0 amide bonds. The predicted molar refractivity (Wildman–Crippen MR) is 60.7 cm³/mol. The number of hydrogen-bond donors (Lipinski definition) is 1. The van der Waals surface area contributed by atoms with Crippen LogP contribution in [-0.2, 0) is 0 Å². The highest BCUT2D eigenvalue weighted by Gasteiger charge is 2.40. The summed E-state index contributed by atoms with van der Waals surface area (Å²) >= 11 is 0. The summed E-state index contributed by atoms with van der Waals surface area (Å²) in [5.41, 5.74) is 0.0880. The van der Waals surface area contributed by atoms with Gasteiger partial charge in [-0.25, -0.2) is 8.78 Å². The van der Waals surface area contributed by atoms with Crippen LogP contribution in [0.2, 0.25) is 0 Å². The Balaban J connectivity index is 2.50. The molecule has 0 aromatic rings. The van der Waals surface area contributed by atoms with Gasteiger partial charge in [0.1, 0.15) is 6.10 Å². The Morgan fingerprint density at radius 3 is 1.88 bits per heavy atom. The molecule has 2 nitrogen and oxygen atoms in total. The van der Waals surface area contributed by atoms with Gasteiger partial charge in [0, 0.05) is 12.5 Å². The molecule has 0 aromatic carbocycles. The lowest BCUT2D eigenvalue weighted by Gasteiger charge is -2.42. The molecule has 1 saturated heterocycles. The maximum absolute atomic E-state index is 13.0. The molecule has 1 aliphatic rings. The summed E-state index contributed by atoms with van der Waals surface area (Å²) < 4.78 is 25.9. The van der Waals surface area contributed by atoms with Crippen LogP contribution in [0.15, 0.2) is 0 Å². The smallest absolute Gasteiger partial charge is 0.270 e. The van der Waals surface area contributed by atoms with Crippen LogP contribution in [-0.4, -0.2) is 40.7 Å². The van der Waals surface area contributed by atoms with Crippen molar-refractivity contribution < 1.29 is 13.9 Å². The van der Waals surface area contributed by atoms with E-state index in [-0.39, 0.29) is 11.5 Å². The summed E-state index contributed by atoms with van der Waals surface area (Å²) in [4.78, 5) is 2.28. The van der Waals surface area contributed by atoms with E-state index in [4.69, 9.17) is 0 Å². The summed E-state index contributed by atoms with van der Waals surface area (Å²) in [5.74, 6) is -3.24. The standard InChI is InChI=1S/C12H23F2NO/c1-11(2,3)15-7-5-9(6-8-15)10(16)12(4,13)14/h9-10,16H,5-8H2,1-4H3/t10-/m1/s1. The Kier molecular flexibility index (Phi) is 3.95. The topological polar surface area (TPSA) is 23.5 Å². The fraction of sp³-hybridized carbons (Fsp3) is 1.00. The third-order valence-corrected chi connectivity index (χ3v) is 3.45. The van der Waals surface area contributed by atoms with Crippen molar-refractivity contribution >= 4 is 0 Å². The van der Waals surface area contributed by atoms with Crippen molar-refractivity contribution in [2.75, 3.05) is 13.1 Å². The maximum Gasteiger partial charge on any atom is 0.270 e. The molecule has 1 rings (SSSR count).